The molecule has 190 valence electrons. The Hall–Kier alpha value is -1.61. The minimum atomic E-state index is -1.22. The molecule has 0 amide bonds. The number of aromatic nitrogens is 1. The molecule has 0 spiro atoms. The van der Waals surface area contributed by atoms with Gasteiger partial charge >= 0.3 is 5.97 Å². The fourth-order valence-corrected chi connectivity index (χ4v) is 5.35. The van der Waals surface area contributed by atoms with Crippen LogP contribution in [0, 0.1) is 24.2 Å². The molecule has 0 saturated carbocycles. The van der Waals surface area contributed by atoms with Crippen molar-refractivity contribution >= 4 is 29.2 Å². The molecule has 0 radical (unpaired) electrons. The smallest absolute Gasteiger partial charge is 0.309 e. The van der Waals surface area contributed by atoms with Gasteiger partial charge in [-0.15, -0.1) is 11.3 Å². The Morgan fingerprint density at radius 1 is 1.21 bits per heavy atom. The molecule has 3 heterocycles. The number of aryl methyl sites for hydroxylation is 1. The number of thiazole rings is 1. The van der Waals surface area contributed by atoms with Gasteiger partial charge in [-0.2, -0.15) is 0 Å². The number of cyclic esters (lactones) is 1. The zero-order chi connectivity index (χ0) is 25.2. The molecule has 2 aliphatic heterocycles. The summed E-state index contributed by atoms with van der Waals surface area (Å²) in [6.45, 7) is 10.8. The normalized spacial score (nSPS) is 36.0. The highest BCUT2D eigenvalue weighted by molar-refractivity contribution is 7.09. The fourth-order valence-electron chi connectivity index (χ4n) is 4.78. The highest BCUT2D eigenvalue weighted by Crippen LogP contribution is 2.36. The molecule has 0 bridgehead atoms. The summed E-state index contributed by atoms with van der Waals surface area (Å²) < 4.78 is 11.7. The van der Waals surface area contributed by atoms with Crippen molar-refractivity contribution in [1.29, 1.82) is 0 Å². The number of aliphatic hydroxyl groups excluding tert-OH is 2. The summed E-state index contributed by atoms with van der Waals surface area (Å²) in [4.78, 5) is 30.5. The number of hydrogen-bond acceptors (Lipinski definition) is 8. The van der Waals surface area contributed by atoms with E-state index in [0.717, 1.165) is 35.5 Å². The van der Waals surface area contributed by atoms with Crippen molar-refractivity contribution in [3.63, 3.8) is 0 Å². The van der Waals surface area contributed by atoms with Crippen LogP contribution in [0.2, 0.25) is 0 Å². The van der Waals surface area contributed by atoms with Gasteiger partial charge in [-0.3, -0.25) is 9.59 Å². The van der Waals surface area contributed by atoms with Crippen LogP contribution in [0.15, 0.2) is 11.0 Å². The Balaban J connectivity index is 1.81. The quantitative estimate of drug-likeness (QED) is 0.472. The van der Waals surface area contributed by atoms with Crippen molar-refractivity contribution in [2.24, 2.45) is 17.3 Å². The van der Waals surface area contributed by atoms with E-state index >= 15 is 0 Å². The third-order valence-corrected chi connectivity index (χ3v) is 8.20. The lowest BCUT2D eigenvalue weighted by Gasteiger charge is -2.34. The Labute approximate surface area is 206 Å². The maximum Gasteiger partial charge on any atom is 0.309 e. The highest BCUT2D eigenvalue weighted by atomic mass is 32.1. The van der Waals surface area contributed by atoms with E-state index in [4.69, 9.17) is 9.47 Å². The van der Waals surface area contributed by atoms with E-state index in [2.05, 4.69) is 4.98 Å². The van der Waals surface area contributed by atoms with E-state index in [1.54, 1.807) is 32.1 Å². The van der Waals surface area contributed by atoms with Crippen LogP contribution < -0.4 is 0 Å². The second-order valence-corrected chi connectivity index (χ2v) is 11.7. The number of carbonyl (C=O) groups excluding carboxylic acids is 2. The van der Waals surface area contributed by atoms with Crippen LogP contribution in [0.1, 0.15) is 77.4 Å². The van der Waals surface area contributed by atoms with E-state index in [-0.39, 0.29) is 30.3 Å². The largest absolute Gasteiger partial charge is 0.458 e. The molecule has 34 heavy (non-hydrogen) atoms. The first kappa shape index (κ1) is 27.0. The zero-order valence-corrected chi connectivity index (χ0v) is 21.9. The second-order valence-electron chi connectivity index (χ2n) is 10.6. The summed E-state index contributed by atoms with van der Waals surface area (Å²) in [7, 11) is 0. The maximum absolute atomic E-state index is 13.2. The molecule has 8 heteroatoms. The predicted molar refractivity (Wildman–Crippen MR) is 131 cm³/mol. The third-order valence-electron chi connectivity index (χ3n) is 7.41. The van der Waals surface area contributed by atoms with Crippen LogP contribution in [0.25, 0.3) is 6.08 Å². The number of ether oxygens (including phenoxy) is 2. The number of nitrogens with zero attached hydrogens (tertiary/aromatic N) is 1. The van der Waals surface area contributed by atoms with Crippen LogP contribution in [0.5, 0.6) is 0 Å². The maximum atomic E-state index is 13.2. The van der Waals surface area contributed by atoms with Crippen molar-refractivity contribution in [3.05, 3.63) is 21.7 Å². The van der Waals surface area contributed by atoms with E-state index in [9.17, 15) is 19.8 Å². The molecule has 0 aliphatic carbocycles. The van der Waals surface area contributed by atoms with Gasteiger partial charge in [-0.05, 0) is 44.3 Å². The zero-order valence-electron chi connectivity index (χ0n) is 21.1. The van der Waals surface area contributed by atoms with Gasteiger partial charge < -0.3 is 19.7 Å². The van der Waals surface area contributed by atoms with Crippen molar-refractivity contribution in [2.75, 3.05) is 0 Å². The van der Waals surface area contributed by atoms with Gasteiger partial charge in [-0.1, -0.05) is 34.1 Å². The number of Topliss-reactive ketones (excluding diaryl/α,β-unsaturated/α-hetero) is 1. The van der Waals surface area contributed by atoms with Crippen LogP contribution in [-0.4, -0.2) is 57.5 Å². The molecule has 1 aromatic heterocycles. The fraction of sp³-hybridized carbons (Fsp3) is 0.731. The Kier molecular flexibility index (Phi) is 8.71. The monoisotopic (exact) mass is 493 g/mol. The van der Waals surface area contributed by atoms with Crippen molar-refractivity contribution < 1.29 is 29.3 Å². The van der Waals surface area contributed by atoms with Gasteiger partial charge in [0.15, 0.2) is 0 Å². The Morgan fingerprint density at radius 2 is 1.91 bits per heavy atom. The SMILES string of the molecule is C/C(=C\c1csc(C)n1)C1C[C@@H]2O[C@@H]2CCC[C@H](C)[C@H](O)[C@@H](C)C(=O)C(C)(C)[C@@H](O)CC(=O)O1. The van der Waals surface area contributed by atoms with Gasteiger partial charge in [0.2, 0.25) is 0 Å². The summed E-state index contributed by atoms with van der Waals surface area (Å²) in [5.74, 6) is -1.52. The molecular formula is C26H39NO6S. The van der Waals surface area contributed by atoms with Gasteiger partial charge in [0.1, 0.15) is 11.9 Å². The van der Waals surface area contributed by atoms with Crippen molar-refractivity contribution in [2.45, 2.75) is 104 Å². The predicted octanol–water partition coefficient (Wildman–Crippen LogP) is 4.09. The molecule has 2 saturated heterocycles. The Morgan fingerprint density at radius 3 is 2.56 bits per heavy atom. The number of ketones is 1. The topological polar surface area (TPSA) is 109 Å². The molecule has 7 atom stereocenters. The van der Waals surface area contributed by atoms with Crippen LogP contribution in [-0.2, 0) is 19.1 Å². The molecule has 7 nitrogen and oxygen atoms in total. The molecule has 2 aliphatic rings. The number of hydrogen-bond donors (Lipinski definition) is 2. The first-order valence-electron chi connectivity index (χ1n) is 12.3. The number of carbonyl (C=O) groups is 2. The summed E-state index contributed by atoms with van der Waals surface area (Å²) in [6, 6.07) is 0. The average molecular weight is 494 g/mol. The minimum absolute atomic E-state index is 0.00770. The van der Waals surface area contributed by atoms with Gasteiger partial charge in [-0.25, -0.2) is 4.98 Å². The number of fused-ring (bicyclic) bond motifs is 1. The summed E-state index contributed by atoms with van der Waals surface area (Å²) in [5.41, 5.74) is 0.494. The van der Waals surface area contributed by atoms with E-state index in [1.165, 1.54) is 0 Å². The number of aliphatic hydroxyl groups is 2. The van der Waals surface area contributed by atoms with E-state index in [0.29, 0.717) is 6.42 Å². The van der Waals surface area contributed by atoms with E-state index < -0.39 is 35.6 Å². The van der Waals surface area contributed by atoms with E-state index in [1.807, 2.05) is 32.2 Å². The molecule has 1 aromatic rings. The number of epoxide rings is 1. The van der Waals surface area contributed by atoms with Crippen molar-refractivity contribution in [1.82, 2.24) is 4.98 Å². The van der Waals surface area contributed by atoms with Crippen LogP contribution in [0.3, 0.4) is 0 Å². The first-order valence-corrected chi connectivity index (χ1v) is 13.1. The van der Waals surface area contributed by atoms with Gasteiger partial charge in [0.05, 0.1) is 47.0 Å². The highest BCUT2D eigenvalue weighted by Gasteiger charge is 2.44. The number of esters is 1. The van der Waals surface area contributed by atoms with Gasteiger partial charge in [0.25, 0.3) is 0 Å². The van der Waals surface area contributed by atoms with Crippen molar-refractivity contribution in [3.8, 4) is 0 Å². The third kappa shape index (κ3) is 6.53. The lowest BCUT2D eigenvalue weighted by Crippen LogP contribution is -2.45. The molecule has 3 rings (SSSR count). The summed E-state index contributed by atoms with van der Waals surface area (Å²) in [6.07, 6.45) is 2.28. The molecular weight excluding hydrogens is 454 g/mol. The second kappa shape index (κ2) is 11.0. The molecule has 2 fully saturated rings. The van der Waals surface area contributed by atoms with Crippen LogP contribution >= 0.6 is 11.3 Å². The Bertz CT molecular complexity index is 909. The average Bonchev–Trinajstić information content (AvgIpc) is 3.38. The standard InChI is InChI=1S/C26H39NO6S/c1-14-8-7-9-19-21(32-19)11-20(15(2)10-18-13-34-17(4)27-18)33-23(29)12-22(28)26(5,6)25(31)16(3)24(14)30/h10,13-14,16,19-22,24,28,30H,7-9,11-12H2,1-6H3/b15-10+/t14-,16+,19+,20?,21-,22-,24-/m0/s1. The van der Waals surface area contributed by atoms with Crippen LogP contribution in [0.4, 0.5) is 0 Å². The molecule has 2 N–H and O–H groups in total. The molecule has 0 aromatic carbocycles. The first-order chi connectivity index (χ1) is 15.9. The summed E-state index contributed by atoms with van der Waals surface area (Å²) >= 11 is 1.56. The van der Waals surface area contributed by atoms with Gasteiger partial charge in [0, 0.05) is 17.7 Å². The lowest BCUT2D eigenvalue weighted by atomic mass is 9.73. The number of rotatable bonds is 2. The summed E-state index contributed by atoms with van der Waals surface area (Å²) in [5, 5.41) is 24.5. The minimum Gasteiger partial charge on any atom is -0.458 e. The lowest BCUT2D eigenvalue weighted by molar-refractivity contribution is -0.154. The molecule has 1 unspecified atom stereocenters.